The molecule has 3 aromatic rings. The SMILES string of the molecule is CCOC(=O)C1=C(Cn2nc(-c3ccc(F)cc3)oc2=O)NC(=O)NC1c1ccccc1. The Morgan fingerprint density at radius 1 is 1.16 bits per heavy atom. The molecular formula is C22H19FN4O5. The highest BCUT2D eigenvalue weighted by atomic mass is 19.1. The van der Waals surface area contributed by atoms with Gasteiger partial charge in [-0.1, -0.05) is 30.3 Å². The van der Waals surface area contributed by atoms with Crippen LogP contribution in [0.25, 0.3) is 11.5 Å². The molecule has 2 heterocycles. The number of esters is 1. The molecule has 0 saturated carbocycles. The van der Waals surface area contributed by atoms with Gasteiger partial charge in [0.25, 0.3) is 0 Å². The van der Waals surface area contributed by atoms with E-state index >= 15 is 0 Å². The number of allylic oxidation sites excluding steroid dienone is 1. The fourth-order valence-corrected chi connectivity index (χ4v) is 3.35. The second-order valence-corrected chi connectivity index (χ2v) is 6.89. The molecule has 10 heteroatoms. The Morgan fingerprint density at radius 3 is 2.56 bits per heavy atom. The summed E-state index contributed by atoms with van der Waals surface area (Å²) in [5, 5.41) is 9.41. The molecule has 0 saturated heterocycles. The molecule has 1 unspecified atom stereocenters. The molecule has 0 fully saturated rings. The number of nitrogens with zero attached hydrogens (tertiary/aromatic N) is 2. The number of ether oxygens (including phenoxy) is 1. The van der Waals surface area contributed by atoms with Crippen LogP contribution >= 0.6 is 0 Å². The standard InChI is InChI=1S/C22H19FN4O5/c1-2-31-20(28)17-16(24-21(29)25-18(17)13-6-4-3-5-7-13)12-27-22(30)32-19(26-27)14-8-10-15(23)11-9-14/h3-11,18H,2,12H2,1H3,(H2,24,25,29). The van der Waals surface area contributed by atoms with Gasteiger partial charge in [-0.15, -0.1) is 5.10 Å². The normalized spacial score (nSPS) is 15.8. The van der Waals surface area contributed by atoms with Crippen molar-refractivity contribution < 1.29 is 23.1 Å². The highest BCUT2D eigenvalue weighted by molar-refractivity contribution is 5.95. The Hall–Kier alpha value is -4.21. The van der Waals surface area contributed by atoms with Gasteiger partial charge in [-0.25, -0.2) is 18.8 Å². The summed E-state index contributed by atoms with van der Waals surface area (Å²) in [6.07, 6.45) is 0. The average Bonchev–Trinajstić information content (AvgIpc) is 3.14. The van der Waals surface area contributed by atoms with Crippen LogP contribution in [0.2, 0.25) is 0 Å². The molecule has 2 amide bonds. The molecule has 0 aliphatic carbocycles. The van der Waals surface area contributed by atoms with E-state index in [1.54, 1.807) is 31.2 Å². The zero-order valence-corrected chi connectivity index (χ0v) is 17.0. The summed E-state index contributed by atoms with van der Waals surface area (Å²) < 4.78 is 24.5. The van der Waals surface area contributed by atoms with Crippen LogP contribution in [0.5, 0.6) is 0 Å². The van der Waals surface area contributed by atoms with Gasteiger partial charge in [-0.05, 0) is 36.8 Å². The number of nitrogens with one attached hydrogen (secondary N) is 2. The lowest BCUT2D eigenvalue weighted by Crippen LogP contribution is -2.47. The number of hydrogen-bond donors (Lipinski definition) is 2. The predicted octanol–water partition coefficient (Wildman–Crippen LogP) is 2.51. The van der Waals surface area contributed by atoms with Gasteiger partial charge >= 0.3 is 17.8 Å². The molecule has 1 aliphatic heterocycles. The first kappa shape index (κ1) is 21.0. The van der Waals surface area contributed by atoms with Crippen molar-refractivity contribution >= 4 is 12.0 Å². The Labute approximate surface area is 181 Å². The van der Waals surface area contributed by atoms with Crippen molar-refractivity contribution in [3.05, 3.63) is 87.8 Å². The molecule has 1 aliphatic rings. The van der Waals surface area contributed by atoms with Crippen molar-refractivity contribution in [1.29, 1.82) is 0 Å². The average molecular weight is 438 g/mol. The van der Waals surface area contributed by atoms with E-state index in [9.17, 15) is 18.8 Å². The number of amides is 2. The molecule has 9 nitrogen and oxygen atoms in total. The number of hydrogen-bond acceptors (Lipinski definition) is 6. The number of carbonyl (C=O) groups is 2. The second kappa shape index (κ2) is 8.88. The Morgan fingerprint density at radius 2 is 1.88 bits per heavy atom. The third-order valence-electron chi connectivity index (χ3n) is 4.79. The smallest absolute Gasteiger partial charge is 0.437 e. The molecule has 2 aromatic carbocycles. The molecule has 2 N–H and O–H groups in total. The molecule has 0 bridgehead atoms. The van der Waals surface area contributed by atoms with Gasteiger partial charge in [0, 0.05) is 5.56 Å². The maximum Gasteiger partial charge on any atom is 0.437 e. The molecule has 4 rings (SSSR count). The van der Waals surface area contributed by atoms with Gasteiger partial charge < -0.3 is 19.8 Å². The first-order valence-corrected chi connectivity index (χ1v) is 9.82. The summed E-state index contributed by atoms with van der Waals surface area (Å²) >= 11 is 0. The minimum atomic E-state index is -0.802. The molecule has 164 valence electrons. The fourth-order valence-electron chi connectivity index (χ4n) is 3.35. The van der Waals surface area contributed by atoms with Crippen molar-refractivity contribution in [2.24, 2.45) is 0 Å². The van der Waals surface area contributed by atoms with Gasteiger partial charge in [0.2, 0.25) is 5.89 Å². The lowest BCUT2D eigenvalue weighted by molar-refractivity contribution is -0.139. The van der Waals surface area contributed by atoms with E-state index in [1.165, 1.54) is 24.3 Å². The van der Waals surface area contributed by atoms with Crippen molar-refractivity contribution in [3.8, 4) is 11.5 Å². The van der Waals surface area contributed by atoms with Crippen LogP contribution in [0.4, 0.5) is 9.18 Å². The molecule has 0 radical (unpaired) electrons. The minimum absolute atomic E-state index is 0.0202. The number of urea groups is 1. The lowest BCUT2D eigenvalue weighted by atomic mass is 9.95. The predicted molar refractivity (Wildman–Crippen MR) is 111 cm³/mol. The van der Waals surface area contributed by atoms with Crippen LogP contribution in [0.3, 0.4) is 0 Å². The van der Waals surface area contributed by atoms with Crippen molar-refractivity contribution in [3.63, 3.8) is 0 Å². The van der Waals surface area contributed by atoms with Crippen LogP contribution in [-0.4, -0.2) is 28.4 Å². The summed E-state index contributed by atoms with van der Waals surface area (Å²) in [5.41, 5.74) is 1.37. The lowest BCUT2D eigenvalue weighted by Gasteiger charge is -2.29. The molecular weight excluding hydrogens is 419 g/mol. The van der Waals surface area contributed by atoms with E-state index in [-0.39, 0.29) is 30.3 Å². The van der Waals surface area contributed by atoms with Gasteiger partial charge in [0.1, 0.15) is 5.82 Å². The number of benzene rings is 2. The third kappa shape index (κ3) is 4.29. The van der Waals surface area contributed by atoms with Crippen LogP contribution < -0.4 is 16.4 Å². The van der Waals surface area contributed by atoms with Crippen LogP contribution in [0.15, 0.2) is 75.1 Å². The van der Waals surface area contributed by atoms with E-state index < -0.39 is 29.6 Å². The molecule has 1 aromatic heterocycles. The van der Waals surface area contributed by atoms with Crippen LogP contribution in [0, 0.1) is 5.82 Å². The maximum absolute atomic E-state index is 13.2. The highest BCUT2D eigenvalue weighted by Crippen LogP contribution is 2.28. The van der Waals surface area contributed by atoms with E-state index in [0.29, 0.717) is 11.1 Å². The summed E-state index contributed by atoms with van der Waals surface area (Å²) in [5.74, 6) is -1.90. The monoisotopic (exact) mass is 438 g/mol. The zero-order chi connectivity index (χ0) is 22.7. The molecule has 1 atom stereocenters. The van der Waals surface area contributed by atoms with E-state index in [4.69, 9.17) is 9.15 Å². The van der Waals surface area contributed by atoms with Gasteiger partial charge in [-0.3, -0.25) is 0 Å². The number of halogens is 1. The summed E-state index contributed by atoms with van der Waals surface area (Å²) in [6.45, 7) is 1.56. The van der Waals surface area contributed by atoms with Gasteiger partial charge in [0.15, 0.2) is 0 Å². The zero-order valence-electron chi connectivity index (χ0n) is 17.0. The first-order valence-electron chi connectivity index (χ1n) is 9.82. The number of rotatable bonds is 6. The Kier molecular flexibility index (Phi) is 5.84. The van der Waals surface area contributed by atoms with Crippen molar-refractivity contribution in [2.75, 3.05) is 6.61 Å². The fraction of sp³-hybridized carbons (Fsp3) is 0.182. The quantitative estimate of drug-likeness (QED) is 0.572. The summed E-state index contributed by atoms with van der Waals surface area (Å²) in [4.78, 5) is 37.5. The highest BCUT2D eigenvalue weighted by Gasteiger charge is 2.34. The van der Waals surface area contributed by atoms with E-state index in [1.807, 2.05) is 6.07 Å². The third-order valence-corrected chi connectivity index (χ3v) is 4.79. The maximum atomic E-state index is 13.2. The Bertz CT molecular complexity index is 1230. The molecule has 0 spiro atoms. The van der Waals surface area contributed by atoms with Crippen molar-refractivity contribution in [1.82, 2.24) is 20.4 Å². The largest absolute Gasteiger partial charge is 0.463 e. The van der Waals surface area contributed by atoms with Crippen LogP contribution in [0.1, 0.15) is 18.5 Å². The van der Waals surface area contributed by atoms with Gasteiger partial charge in [-0.2, -0.15) is 4.68 Å². The topological polar surface area (TPSA) is 115 Å². The summed E-state index contributed by atoms with van der Waals surface area (Å²) in [7, 11) is 0. The second-order valence-electron chi connectivity index (χ2n) is 6.89. The summed E-state index contributed by atoms with van der Waals surface area (Å²) in [6, 6.07) is 12.9. The minimum Gasteiger partial charge on any atom is -0.463 e. The molecule has 32 heavy (non-hydrogen) atoms. The van der Waals surface area contributed by atoms with Crippen molar-refractivity contribution in [2.45, 2.75) is 19.5 Å². The number of carbonyl (C=O) groups excluding carboxylic acids is 2. The van der Waals surface area contributed by atoms with E-state index in [2.05, 4.69) is 15.7 Å². The van der Waals surface area contributed by atoms with E-state index in [0.717, 1.165) is 4.68 Å². The van der Waals surface area contributed by atoms with Crippen LogP contribution in [-0.2, 0) is 16.1 Å². The number of aromatic nitrogens is 2. The Balaban J connectivity index is 1.75. The van der Waals surface area contributed by atoms with Gasteiger partial charge in [0.05, 0.1) is 30.5 Å². The first-order chi connectivity index (χ1) is 15.5.